The molecule has 0 aliphatic carbocycles. The van der Waals surface area contributed by atoms with Gasteiger partial charge < -0.3 is 9.79 Å². The zero-order valence-corrected chi connectivity index (χ0v) is 15.7. The molecule has 2 atom stereocenters. The lowest BCUT2D eigenvalue weighted by Gasteiger charge is -2.41. The summed E-state index contributed by atoms with van der Waals surface area (Å²) in [6.45, 7) is 4.03. The molecule has 0 radical (unpaired) electrons. The van der Waals surface area contributed by atoms with Crippen LogP contribution in [0.5, 0.6) is 0 Å². The van der Waals surface area contributed by atoms with Gasteiger partial charge in [0.05, 0.1) is 0 Å². The molecule has 2 N–H and O–H groups in total. The third-order valence-corrected chi connectivity index (χ3v) is 5.24. The van der Waals surface area contributed by atoms with Crippen molar-refractivity contribution in [3.8, 4) is 0 Å². The smallest absolute Gasteiger partial charge is 0.303 e. The molecule has 4 nitrogen and oxygen atoms in total. The summed E-state index contributed by atoms with van der Waals surface area (Å²) in [5.41, 5.74) is 0.762. The van der Waals surface area contributed by atoms with Crippen molar-refractivity contribution in [2.45, 2.75) is 51.0 Å². The van der Waals surface area contributed by atoms with Gasteiger partial charge in [-0.05, 0) is 24.0 Å². The van der Waals surface area contributed by atoms with E-state index in [2.05, 4.69) is 6.92 Å². The first kappa shape index (κ1) is 19.9. The fraction of sp³-hybridized carbons (Fsp3) is 0.400. The lowest BCUT2D eigenvalue weighted by Crippen LogP contribution is -2.35. The monoisotopic (exact) mass is 362 g/mol. The molecule has 0 fully saturated rings. The Bertz CT molecular complexity index is 683. The number of rotatable bonds is 9. The van der Waals surface area contributed by atoms with E-state index in [-0.39, 0.29) is 5.92 Å². The molecule has 0 bridgehead atoms. The molecule has 2 rings (SSSR count). The van der Waals surface area contributed by atoms with E-state index >= 15 is 0 Å². The molecule has 25 heavy (non-hydrogen) atoms. The zero-order chi connectivity index (χ0) is 18.3. The second-order valence-electron chi connectivity index (χ2n) is 6.30. The van der Waals surface area contributed by atoms with Crippen LogP contribution >= 0.6 is 7.82 Å². The molecule has 0 aliphatic rings. The van der Waals surface area contributed by atoms with Gasteiger partial charge in [-0.15, -0.1) is 0 Å². The molecule has 0 saturated heterocycles. The van der Waals surface area contributed by atoms with Crippen molar-refractivity contribution in [2.24, 2.45) is 0 Å². The molecule has 0 heterocycles. The van der Waals surface area contributed by atoms with Crippen LogP contribution in [0.1, 0.15) is 56.6 Å². The molecular formula is C20H27O4P. The average Bonchev–Trinajstić information content (AvgIpc) is 2.61. The summed E-state index contributed by atoms with van der Waals surface area (Å²) < 4.78 is 17.4. The van der Waals surface area contributed by atoms with E-state index in [4.69, 9.17) is 4.52 Å². The fourth-order valence-electron chi connectivity index (χ4n) is 3.53. The predicted octanol–water partition coefficient (Wildman–Crippen LogP) is 5.38. The van der Waals surface area contributed by atoms with Crippen LogP contribution in [-0.4, -0.2) is 9.79 Å². The molecule has 136 valence electrons. The first-order valence-corrected chi connectivity index (χ1v) is 10.3. The third kappa shape index (κ3) is 5.02. The van der Waals surface area contributed by atoms with Gasteiger partial charge in [0.1, 0.15) is 5.60 Å². The van der Waals surface area contributed by atoms with Gasteiger partial charge in [-0.2, -0.15) is 0 Å². The Morgan fingerprint density at radius 1 is 1.00 bits per heavy atom. The molecule has 2 aromatic rings. The highest BCUT2D eigenvalue weighted by atomic mass is 31.2. The number of benzene rings is 2. The number of unbranched alkanes of at least 4 members (excludes halogenated alkanes) is 1. The van der Waals surface area contributed by atoms with E-state index in [1.165, 1.54) is 0 Å². The van der Waals surface area contributed by atoms with E-state index < -0.39 is 13.4 Å². The van der Waals surface area contributed by atoms with Crippen molar-refractivity contribution in [2.75, 3.05) is 0 Å². The Balaban J connectivity index is 2.62. The first-order valence-electron chi connectivity index (χ1n) is 8.79. The van der Waals surface area contributed by atoms with E-state index in [0.717, 1.165) is 30.4 Å². The summed E-state index contributed by atoms with van der Waals surface area (Å²) in [7, 11) is -4.68. The number of phosphoric acid groups is 1. The van der Waals surface area contributed by atoms with Gasteiger partial charge in [0.15, 0.2) is 0 Å². The molecule has 2 aromatic carbocycles. The van der Waals surface area contributed by atoms with E-state index in [1.54, 1.807) is 0 Å². The second-order valence-corrected chi connectivity index (χ2v) is 7.46. The SMILES string of the molecule is CCCCC(c1ccccc1)C(CC)(OP(=O)(O)O)c1ccccc1. The molecule has 0 aromatic heterocycles. The number of hydrogen-bond acceptors (Lipinski definition) is 2. The minimum atomic E-state index is -4.68. The van der Waals surface area contributed by atoms with Crippen molar-refractivity contribution in [1.29, 1.82) is 0 Å². The summed E-state index contributed by atoms with van der Waals surface area (Å²) in [4.78, 5) is 19.3. The Hall–Kier alpha value is -1.45. The molecule has 0 saturated carbocycles. The van der Waals surface area contributed by atoms with Gasteiger partial charge in [-0.1, -0.05) is 87.4 Å². The lowest BCUT2D eigenvalue weighted by atomic mass is 9.73. The van der Waals surface area contributed by atoms with Crippen LogP contribution in [0.15, 0.2) is 60.7 Å². The summed E-state index contributed by atoms with van der Waals surface area (Å²) >= 11 is 0. The van der Waals surface area contributed by atoms with Crippen molar-refractivity contribution >= 4 is 7.82 Å². The van der Waals surface area contributed by atoms with Crippen LogP contribution in [0, 0.1) is 0 Å². The first-order chi connectivity index (χ1) is 11.9. The van der Waals surface area contributed by atoms with Crippen molar-refractivity contribution in [1.82, 2.24) is 0 Å². The maximum atomic E-state index is 11.9. The minimum absolute atomic E-state index is 0.145. The Morgan fingerprint density at radius 3 is 2.04 bits per heavy atom. The van der Waals surface area contributed by atoms with Crippen molar-refractivity contribution in [3.05, 3.63) is 71.8 Å². The van der Waals surface area contributed by atoms with Gasteiger partial charge >= 0.3 is 7.82 Å². The zero-order valence-electron chi connectivity index (χ0n) is 14.8. The largest absolute Gasteiger partial charge is 0.470 e. The molecule has 0 spiro atoms. The maximum Gasteiger partial charge on any atom is 0.470 e. The van der Waals surface area contributed by atoms with Gasteiger partial charge in [0.2, 0.25) is 0 Å². The Labute approximate surface area is 150 Å². The average molecular weight is 362 g/mol. The van der Waals surface area contributed by atoms with Gasteiger partial charge in [0.25, 0.3) is 0 Å². The maximum absolute atomic E-state index is 11.9. The van der Waals surface area contributed by atoms with Crippen LogP contribution in [0.2, 0.25) is 0 Å². The molecule has 0 aliphatic heterocycles. The van der Waals surface area contributed by atoms with Gasteiger partial charge in [-0.3, -0.25) is 4.52 Å². The standard InChI is InChI=1S/C20H27O4P/c1-3-5-16-19(17-12-8-6-9-13-17)20(4-2,24-25(21,22)23)18-14-10-7-11-15-18/h6-15,19H,3-5,16H2,1-2H3,(H2,21,22,23). The van der Waals surface area contributed by atoms with E-state index in [1.807, 2.05) is 67.6 Å². The molecule has 2 unspecified atom stereocenters. The third-order valence-electron chi connectivity index (χ3n) is 4.68. The predicted molar refractivity (Wildman–Crippen MR) is 100 cm³/mol. The van der Waals surface area contributed by atoms with E-state index in [9.17, 15) is 14.4 Å². The summed E-state index contributed by atoms with van der Waals surface area (Å²) in [5, 5.41) is 0. The minimum Gasteiger partial charge on any atom is -0.303 e. The van der Waals surface area contributed by atoms with Crippen LogP contribution in [0.25, 0.3) is 0 Å². The Kier molecular flexibility index (Phi) is 6.97. The summed E-state index contributed by atoms with van der Waals surface area (Å²) in [6, 6.07) is 19.3. The number of phosphoric ester groups is 1. The van der Waals surface area contributed by atoms with Gasteiger partial charge in [0, 0.05) is 5.92 Å². The highest BCUT2D eigenvalue weighted by Crippen LogP contribution is 2.54. The summed E-state index contributed by atoms with van der Waals surface area (Å²) in [5.74, 6) is -0.145. The Morgan fingerprint density at radius 2 is 1.56 bits per heavy atom. The van der Waals surface area contributed by atoms with Crippen LogP contribution in [-0.2, 0) is 14.7 Å². The second kappa shape index (κ2) is 8.77. The fourth-order valence-corrected chi connectivity index (χ4v) is 4.31. The summed E-state index contributed by atoms with van der Waals surface area (Å²) in [6.07, 6.45) is 3.22. The topological polar surface area (TPSA) is 66.8 Å². The van der Waals surface area contributed by atoms with Crippen LogP contribution in [0.4, 0.5) is 0 Å². The molecular weight excluding hydrogens is 335 g/mol. The lowest BCUT2D eigenvalue weighted by molar-refractivity contribution is -0.00148. The normalized spacial score (nSPS) is 15.5. The van der Waals surface area contributed by atoms with Crippen molar-refractivity contribution < 1.29 is 18.9 Å². The molecule has 5 heteroatoms. The quantitative estimate of drug-likeness (QED) is 0.588. The highest BCUT2D eigenvalue weighted by Gasteiger charge is 2.45. The van der Waals surface area contributed by atoms with E-state index in [0.29, 0.717) is 6.42 Å². The number of hydrogen-bond donors (Lipinski definition) is 2. The van der Waals surface area contributed by atoms with Crippen LogP contribution < -0.4 is 0 Å². The van der Waals surface area contributed by atoms with Crippen molar-refractivity contribution in [3.63, 3.8) is 0 Å². The van der Waals surface area contributed by atoms with Crippen LogP contribution in [0.3, 0.4) is 0 Å². The highest BCUT2D eigenvalue weighted by molar-refractivity contribution is 7.46. The van der Waals surface area contributed by atoms with Gasteiger partial charge in [-0.25, -0.2) is 4.57 Å². The molecule has 0 amide bonds.